The number of nitrogens with one attached hydrogen (secondary N) is 1. The first-order chi connectivity index (χ1) is 11.9. The van der Waals surface area contributed by atoms with Gasteiger partial charge in [0.2, 0.25) is 0 Å². The van der Waals surface area contributed by atoms with E-state index in [1.54, 1.807) is 15.7 Å². The second-order valence-electron chi connectivity index (χ2n) is 7.34. The molecule has 1 aromatic carbocycles. The molecule has 3 unspecified atom stereocenters. The zero-order valence-corrected chi connectivity index (χ0v) is 17.4. The zero-order valence-electron chi connectivity index (χ0n) is 15.7. The summed E-state index contributed by atoms with van der Waals surface area (Å²) in [6.45, 7) is 7.22. The summed E-state index contributed by atoms with van der Waals surface area (Å²) in [7, 11) is -1.88. The van der Waals surface area contributed by atoms with Crippen LogP contribution >= 0.6 is 12.4 Å². The molecule has 1 N–H and O–H groups in total. The zero-order chi connectivity index (χ0) is 18.0. The highest BCUT2D eigenvalue weighted by Gasteiger charge is 2.40. The number of piperazine rings is 1. The Labute approximate surface area is 163 Å². The lowest BCUT2D eigenvalue weighted by molar-refractivity contribution is 0.189. The van der Waals surface area contributed by atoms with E-state index in [-0.39, 0.29) is 18.4 Å². The number of piperidine rings is 1. The summed E-state index contributed by atoms with van der Waals surface area (Å²) in [5.41, 5.74) is 0.916. The molecule has 0 spiro atoms. The lowest BCUT2D eigenvalue weighted by Crippen LogP contribution is -2.55. The molecule has 8 heteroatoms. The van der Waals surface area contributed by atoms with Crippen molar-refractivity contribution in [2.24, 2.45) is 11.8 Å². The molecule has 2 heterocycles. The molecular formula is C18H30ClN3O3S. The highest BCUT2D eigenvalue weighted by Crippen LogP contribution is 2.34. The standard InChI is InChI=1S/C18H29N3O3S.ClH/c1-14-10-15(2)13-20(12-14)25(22,23)21-9-8-19-11-17(21)16-6-4-5-7-18(16)24-3;/h4-7,14-15,17,19H,8-13H2,1-3H3;1H. The molecule has 2 aliphatic heterocycles. The van der Waals surface area contributed by atoms with E-state index in [0.717, 1.165) is 17.7 Å². The average Bonchev–Trinajstić information content (AvgIpc) is 2.61. The van der Waals surface area contributed by atoms with Crippen LogP contribution in [0.5, 0.6) is 5.75 Å². The summed E-state index contributed by atoms with van der Waals surface area (Å²) in [6.07, 6.45) is 1.09. The molecule has 148 valence electrons. The summed E-state index contributed by atoms with van der Waals surface area (Å²) < 4.78 is 35.6. The summed E-state index contributed by atoms with van der Waals surface area (Å²) >= 11 is 0. The first-order valence-corrected chi connectivity index (χ1v) is 10.4. The van der Waals surface area contributed by atoms with Crippen LogP contribution < -0.4 is 10.1 Å². The minimum absolute atomic E-state index is 0. The van der Waals surface area contributed by atoms with Gasteiger partial charge in [0.1, 0.15) is 5.75 Å². The second kappa shape index (κ2) is 8.89. The molecular weight excluding hydrogens is 374 g/mol. The molecule has 1 aromatic rings. The van der Waals surface area contributed by atoms with Crippen LogP contribution in [0.2, 0.25) is 0 Å². The number of halogens is 1. The van der Waals surface area contributed by atoms with Crippen LogP contribution in [0.4, 0.5) is 0 Å². The van der Waals surface area contributed by atoms with Gasteiger partial charge in [0.05, 0.1) is 13.2 Å². The molecule has 0 saturated carbocycles. The Hall–Kier alpha value is -0.860. The highest BCUT2D eigenvalue weighted by molar-refractivity contribution is 7.86. The maximum atomic E-state index is 13.4. The van der Waals surface area contributed by atoms with Crippen molar-refractivity contribution in [1.82, 2.24) is 13.9 Å². The quantitative estimate of drug-likeness (QED) is 0.837. The Morgan fingerprint density at radius 3 is 2.46 bits per heavy atom. The van der Waals surface area contributed by atoms with E-state index in [1.807, 2.05) is 24.3 Å². The van der Waals surface area contributed by atoms with Gasteiger partial charge in [-0.1, -0.05) is 32.0 Å². The second-order valence-corrected chi connectivity index (χ2v) is 9.22. The fourth-order valence-corrected chi connectivity index (χ4v) is 6.13. The maximum absolute atomic E-state index is 13.4. The molecule has 0 aromatic heterocycles. The molecule has 26 heavy (non-hydrogen) atoms. The van der Waals surface area contributed by atoms with Gasteiger partial charge >= 0.3 is 0 Å². The summed E-state index contributed by atoms with van der Waals surface area (Å²) in [5.74, 6) is 1.52. The van der Waals surface area contributed by atoms with Gasteiger partial charge in [-0.3, -0.25) is 0 Å². The molecule has 2 fully saturated rings. The Balaban J connectivity index is 0.00000243. The minimum atomic E-state index is -3.50. The van der Waals surface area contributed by atoms with Crippen molar-refractivity contribution < 1.29 is 13.2 Å². The van der Waals surface area contributed by atoms with Crippen LogP contribution in [0.1, 0.15) is 31.9 Å². The smallest absolute Gasteiger partial charge is 0.282 e. The van der Waals surface area contributed by atoms with E-state index in [2.05, 4.69) is 19.2 Å². The normalized spacial score (nSPS) is 28.3. The van der Waals surface area contributed by atoms with Crippen molar-refractivity contribution in [3.05, 3.63) is 29.8 Å². The molecule has 2 saturated heterocycles. The van der Waals surface area contributed by atoms with Crippen LogP contribution in [0.3, 0.4) is 0 Å². The monoisotopic (exact) mass is 403 g/mol. The van der Waals surface area contributed by atoms with E-state index in [1.165, 1.54) is 0 Å². The Kier molecular flexibility index (Phi) is 7.33. The summed E-state index contributed by atoms with van der Waals surface area (Å²) in [4.78, 5) is 0. The molecule has 0 bridgehead atoms. The Morgan fingerprint density at radius 1 is 1.15 bits per heavy atom. The van der Waals surface area contributed by atoms with Crippen molar-refractivity contribution in [2.75, 3.05) is 39.8 Å². The lowest BCUT2D eigenvalue weighted by Gasteiger charge is -2.42. The minimum Gasteiger partial charge on any atom is -0.496 e. The number of para-hydroxylation sites is 1. The van der Waals surface area contributed by atoms with E-state index < -0.39 is 10.2 Å². The fourth-order valence-electron chi connectivity index (χ4n) is 4.11. The Morgan fingerprint density at radius 2 is 1.81 bits per heavy atom. The predicted octanol–water partition coefficient (Wildman–Crippen LogP) is 2.29. The molecule has 6 nitrogen and oxygen atoms in total. The van der Waals surface area contributed by atoms with Crippen LogP contribution in [0.25, 0.3) is 0 Å². The van der Waals surface area contributed by atoms with E-state index >= 15 is 0 Å². The number of methoxy groups -OCH3 is 1. The SMILES string of the molecule is COc1ccccc1C1CNCCN1S(=O)(=O)N1CC(C)CC(C)C1.Cl. The van der Waals surface area contributed by atoms with Crippen LogP contribution in [-0.2, 0) is 10.2 Å². The molecule has 0 radical (unpaired) electrons. The van der Waals surface area contributed by atoms with E-state index in [0.29, 0.717) is 44.6 Å². The third-order valence-electron chi connectivity index (χ3n) is 5.15. The number of hydrogen-bond acceptors (Lipinski definition) is 4. The fraction of sp³-hybridized carbons (Fsp3) is 0.667. The maximum Gasteiger partial charge on any atom is 0.282 e. The summed E-state index contributed by atoms with van der Waals surface area (Å²) in [5, 5.41) is 3.33. The molecule has 3 atom stereocenters. The van der Waals surface area contributed by atoms with Gasteiger partial charge in [-0.15, -0.1) is 12.4 Å². The Bertz CT molecular complexity index is 691. The number of rotatable bonds is 4. The lowest BCUT2D eigenvalue weighted by atomic mass is 9.94. The van der Waals surface area contributed by atoms with Crippen molar-refractivity contribution in [1.29, 1.82) is 0 Å². The molecule has 0 aliphatic carbocycles. The predicted molar refractivity (Wildman–Crippen MR) is 106 cm³/mol. The van der Waals surface area contributed by atoms with Gasteiger partial charge in [-0.05, 0) is 24.3 Å². The van der Waals surface area contributed by atoms with Gasteiger partial charge in [0.25, 0.3) is 10.2 Å². The van der Waals surface area contributed by atoms with Gasteiger partial charge in [-0.2, -0.15) is 17.0 Å². The van der Waals surface area contributed by atoms with Crippen molar-refractivity contribution in [3.63, 3.8) is 0 Å². The van der Waals surface area contributed by atoms with E-state index in [4.69, 9.17) is 4.74 Å². The van der Waals surface area contributed by atoms with Crippen LogP contribution in [0.15, 0.2) is 24.3 Å². The number of nitrogens with zero attached hydrogens (tertiary/aromatic N) is 2. The highest BCUT2D eigenvalue weighted by atomic mass is 35.5. The third-order valence-corrected chi connectivity index (χ3v) is 7.13. The topological polar surface area (TPSA) is 61.9 Å². The molecule has 0 amide bonds. The van der Waals surface area contributed by atoms with Crippen LogP contribution in [0, 0.1) is 11.8 Å². The number of hydrogen-bond donors (Lipinski definition) is 1. The third kappa shape index (κ3) is 4.34. The largest absolute Gasteiger partial charge is 0.496 e. The number of ether oxygens (including phenoxy) is 1. The van der Waals surface area contributed by atoms with Gasteiger partial charge in [0.15, 0.2) is 0 Å². The van der Waals surface area contributed by atoms with Crippen molar-refractivity contribution in [3.8, 4) is 5.75 Å². The first kappa shape index (κ1) is 21.4. The van der Waals surface area contributed by atoms with Crippen molar-refractivity contribution >= 4 is 22.6 Å². The number of benzene rings is 1. The van der Waals surface area contributed by atoms with E-state index in [9.17, 15) is 8.42 Å². The summed E-state index contributed by atoms with van der Waals surface area (Å²) in [6, 6.07) is 7.44. The molecule has 2 aliphatic rings. The van der Waals surface area contributed by atoms with Gasteiger partial charge in [-0.25, -0.2) is 0 Å². The first-order valence-electron chi connectivity index (χ1n) is 9.04. The van der Waals surface area contributed by atoms with Gasteiger partial charge in [0, 0.05) is 38.3 Å². The van der Waals surface area contributed by atoms with Gasteiger partial charge < -0.3 is 10.1 Å². The van der Waals surface area contributed by atoms with Crippen LogP contribution in [-0.4, -0.2) is 56.9 Å². The average molecular weight is 404 g/mol. The van der Waals surface area contributed by atoms with Crippen molar-refractivity contribution in [2.45, 2.75) is 26.3 Å². The molecule has 3 rings (SSSR count).